The number of hydrogen-bond acceptors (Lipinski definition) is 4. The molecule has 0 amide bonds. The molecule has 0 saturated heterocycles. The van der Waals surface area contributed by atoms with E-state index in [4.69, 9.17) is 4.98 Å². The highest BCUT2D eigenvalue weighted by molar-refractivity contribution is 7.09. The van der Waals surface area contributed by atoms with E-state index in [0.29, 0.717) is 17.5 Å². The van der Waals surface area contributed by atoms with Crippen molar-refractivity contribution in [2.24, 2.45) is 5.41 Å². The first-order chi connectivity index (χ1) is 8.70. The van der Waals surface area contributed by atoms with Crippen LogP contribution in [-0.4, -0.2) is 29.0 Å². The first-order valence-electron chi connectivity index (χ1n) is 7.07. The Morgan fingerprint density at radius 2 is 1.95 bits per heavy atom. The molecule has 0 radical (unpaired) electrons. The number of nitrogens with zero attached hydrogens (tertiary/aromatic N) is 2. The van der Waals surface area contributed by atoms with Gasteiger partial charge in [-0.25, -0.2) is 4.98 Å². The summed E-state index contributed by atoms with van der Waals surface area (Å²) in [5.74, 6) is 0. The van der Waals surface area contributed by atoms with Crippen molar-refractivity contribution in [3.63, 3.8) is 0 Å². The van der Waals surface area contributed by atoms with Gasteiger partial charge in [0.15, 0.2) is 0 Å². The third-order valence-electron chi connectivity index (χ3n) is 3.59. The zero-order valence-electron chi connectivity index (χ0n) is 13.4. The molecule has 0 aliphatic heterocycles. The second-order valence-corrected chi connectivity index (χ2v) is 7.67. The topological polar surface area (TPSA) is 28.2 Å². The maximum absolute atomic E-state index is 4.70. The molecule has 1 aromatic rings. The predicted octanol–water partition coefficient (Wildman–Crippen LogP) is 3.51. The monoisotopic (exact) mass is 283 g/mol. The fourth-order valence-electron chi connectivity index (χ4n) is 1.85. The predicted molar refractivity (Wildman–Crippen MR) is 84.5 cm³/mol. The lowest BCUT2D eigenvalue weighted by molar-refractivity contribution is 0.133. The fourth-order valence-corrected chi connectivity index (χ4v) is 2.58. The summed E-state index contributed by atoms with van der Waals surface area (Å²) in [4.78, 5) is 7.08. The molecule has 19 heavy (non-hydrogen) atoms. The van der Waals surface area contributed by atoms with Crippen LogP contribution in [0, 0.1) is 5.41 Å². The van der Waals surface area contributed by atoms with Gasteiger partial charge in [-0.1, -0.05) is 34.6 Å². The minimum Gasteiger partial charge on any atom is -0.308 e. The number of aromatic nitrogens is 1. The van der Waals surface area contributed by atoms with E-state index in [1.165, 1.54) is 10.7 Å². The normalized spacial score (nSPS) is 14.4. The average Bonchev–Trinajstić information content (AvgIpc) is 2.71. The molecule has 0 fully saturated rings. The fraction of sp³-hybridized carbons (Fsp3) is 0.800. The second kappa shape index (κ2) is 6.82. The van der Waals surface area contributed by atoms with Crippen molar-refractivity contribution in [1.29, 1.82) is 0 Å². The van der Waals surface area contributed by atoms with Crippen LogP contribution in [-0.2, 0) is 13.1 Å². The highest BCUT2D eigenvalue weighted by atomic mass is 32.1. The molecule has 0 saturated carbocycles. The Balaban J connectivity index is 2.53. The number of hydrogen-bond donors (Lipinski definition) is 1. The van der Waals surface area contributed by atoms with E-state index in [9.17, 15) is 0 Å². The molecule has 1 aromatic heterocycles. The van der Waals surface area contributed by atoms with Crippen molar-refractivity contribution in [1.82, 2.24) is 15.2 Å². The Labute approximate surface area is 122 Å². The van der Waals surface area contributed by atoms with E-state index in [2.05, 4.69) is 64.2 Å². The van der Waals surface area contributed by atoms with E-state index >= 15 is 0 Å². The van der Waals surface area contributed by atoms with Crippen molar-refractivity contribution in [3.05, 3.63) is 16.1 Å². The van der Waals surface area contributed by atoms with Crippen LogP contribution in [0.4, 0.5) is 0 Å². The first-order valence-corrected chi connectivity index (χ1v) is 7.95. The van der Waals surface area contributed by atoms with Gasteiger partial charge in [0, 0.05) is 30.6 Å². The van der Waals surface area contributed by atoms with Gasteiger partial charge < -0.3 is 5.32 Å². The Hall–Kier alpha value is -0.450. The van der Waals surface area contributed by atoms with Gasteiger partial charge in [0.1, 0.15) is 5.01 Å². The molecule has 4 heteroatoms. The summed E-state index contributed by atoms with van der Waals surface area (Å²) in [5, 5.41) is 6.77. The zero-order chi connectivity index (χ0) is 14.6. The van der Waals surface area contributed by atoms with Crippen molar-refractivity contribution in [3.8, 4) is 0 Å². The third-order valence-corrected chi connectivity index (χ3v) is 4.48. The summed E-state index contributed by atoms with van der Waals surface area (Å²) in [6, 6.07) is 1.04. The summed E-state index contributed by atoms with van der Waals surface area (Å²) >= 11 is 1.75. The van der Waals surface area contributed by atoms with Crippen molar-refractivity contribution < 1.29 is 0 Å². The summed E-state index contributed by atoms with van der Waals surface area (Å²) in [6.45, 7) is 15.3. The van der Waals surface area contributed by atoms with E-state index in [-0.39, 0.29) is 0 Å². The van der Waals surface area contributed by atoms with E-state index < -0.39 is 0 Å². The Morgan fingerprint density at radius 1 is 1.32 bits per heavy atom. The third kappa shape index (κ3) is 5.59. The maximum atomic E-state index is 4.70. The Kier molecular flexibility index (Phi) is 5.96. The number of rotatable bonds is 6. The summed E-state index contributed by atoms with van der Waals surface area (Å²) < 4.78 is 0. The van der Waals surface area contributed by atoms with Gasteiger partial charge in [-0.05, 0) is 19.4 Å². The highest BCUT2D eigenvalue weighted by Gasteiger charge is 2.24. The standard InChI is InChI=1S/C15H29N3S/c1-11(2)16-8-14-17-13(10-19-14)9-18(7)12(3)15(4,5)6/h10-12,16H,8-9H2,1-7H3. The zero-order valence-corrected chi connectivity index (χ0v) is 14.3. The lowest BCUT2D eigenvalue weighted by Crippen LogP contribution is -2.38. The molecule has 0 aromatic carbocycles. The molecule has 1 atom stereocenters. The number of thiazole rings is 1. The van der Waals surface area contributed by atoms with Gasteiger partial charge in [-0.15, -0.1) is 11.3 Å². The summed E-state index contributed by atoms with van der Waals surface area (Å²) in [7, 11) is 2.18. The molecule has 1 rings (SSSR count). The summed E-state index contributed by atoms with van der Waals surface area (Å²) in [5.41, 5.74) is 1.48. The molecule has 0 bridgehead atoms. The van der Waals surface area contributed by atoms with Gasteiger partial charge in [-0.3, -0.25) is 4.90 Å². The molecule has 1 heterocycles. The molecular formula is C15H29N3S. The van der Waals surface area contributed by atoms with Gasteiger partial charge >= 0.3 is 0 Å². The van der Waals surface area contributed by atoms with Crippen LogP contribution < -0.4 is 5.32 Å². The van der Waals surface area contributed by atoms with Crippen LogP contribution in [0.2, 0.25) is 0 Å². The van der Waals surface area contributed by atoms with Crippen LogP contribution in [0.1, 0.15) is 52.2 Å². The van der Waals surface area contributed by atoms with E-state index in [1.54, 1.807) is 11.3 Å². The van der Waals surface area contributed by atoms with Gasteiger partial charge in [-0.2, -0.15) is 0 Å². The van der Waals surface area contributed by atoms with Crippen molar-refractivity contribution in [2.75, 3.05) is 7.05 Å². The lowest BCUT2D eigenvalue weighted by Gasteiger charge is -2.35. The van der Waals surface area contributed by atoms with E-state index in [1.807, 2.05) is 0 Å². The lowest BCUT2D eigenvalue weighted by atomic mass is 9.87. The molecular weight excluding hydrogens is 254 g/mol. The van der Waals surface area contributed by atoms with Crippen LogP contribution in [0.25, 0.3) is 0 Å². The van der Waals surface area contributed by atoms with Crippen LogP contribution >= 0.6 is 11.3 Å². The van der Waals surface area contributed by atoms with Gasteiger partial charge in [0.05, 0.1) is 5.69 Å². The molecule has 3 nitrogen and oxygen atoms in total. The molecule has 0 spiro atoms. The van der Waals surface area contributed by atoms with Crippen LogP contribution in [0.3, 0.4) is 0 Å². The minimum atomic E-state index is 0.298. The molecule has 110 valence electrons. The average molecular weight is 283 g/mol. The minimum absolute atomic E-state index is 0.298. The summed E-state index contributed by atoms with van der Waals surface area (Å²) in [6.07, 6.45) is 0. The van der Waals surface area contributed by atoms with E-state index in [0.717, 1.165) is 13.1 Å². The molecule has 1 N–H and O–H groups in total. The highest BCUT2D eigenvalue weighted by Crippen LogP contribution is 2.24. The Bertz CT molecular complexity index is 379. The van der Waals surface area contributed by atoms with Crippen molar-refractivity contribution >= 4 is 11.3 Å². The molecule has 0 aliphatic carbocycles. The largest absolute Gasteiger partial charge is 0.308 e. The second-order valence-electron chi connectivity index (χ2n) is 6.73. The maximum Gasteiger partial charge on any atom is 0.107 e. The number of nitrogens with one attached hydrogen (secondary N) is 1. The quantitative estimate of drug-likeness (QED) is 0.866. The van der Waals surface area contributed by atoms with Gasteiger partial charge in [0.25, 0.3) is 0 Å². The van der Waals surface area contributed by atoms with Crippen LogP contribution in [0.15, 0.2) is 5.38 Å². The smallest absolute Gasteiger partial charge is 0.107 e. The molecule has 0 aliphatic rings. The SMILES string of the molecule is CC(C)NCc1nc(CN(C)C(C)C(C)(C)C)cs1. The Morgan fingerprint density at radius 3 is 2.47 bits per heavy atom. The first kappa shape index (κ1) is 16.6. The van der Waals surface area contributed by atoms with Gasteiger partial charge in [0.2, 0.25) is 0 Å². The van der Waals surface area contributed by atoms with Crippen molar-refractivity contribution in [2.45, 2.75) is 66.7 Å². The van der Waals surface area contributed by atoms with Crippen LogP contribution in [0.5, 0.6) is 0 Å². The molecule has 1 unspecified atom stereocenters.